The summed E-state index contributed by atoms with van der Waals surface area (Å²) < 4.78 is 5.47. The van der Waals surface area contributed by atoms with Crippen LogP contribution in [0.4, 0.5) is 4.79 Å². The number of halogens is 1. The van der Waals surface area contributed by atoms with E-state index in [1.807, 2.05) is 39.8 Å². The van der Waals surface area contributed by atoms with Crippen molar-refractivity contribution in [1.82, 2.24) is 15.1 Å². The molecule has 0 bridgehead atoms. The Morgan fingerprint density at radius 1 is 1.24 bits per heavy atom. The molecule has 0 aliphatic carbocycles. The van der Waals surface area contributed by atoms with E-state index < -0.39 is 28.8 Å². The van der Waals surface area contributed by atoms with Crippen molar-refractivity contribution in [3.8, 4) is 0 Å². The smallest absolute Gasteiger partial charge is 0.410 e. The molecule has 2 amide bonds. The van der Waals surface area contributed by atoms with Crippen molar-refractivity contribution in [2.24, 2.45) is 17.3 Å². The summed E-state index contributed by atoms with van der Waals surface area (Å²) in [6, 6.07) is 6.73. The van der Waals surface area contributed by atoms with Crippen molar-refractivity contribution >= 4 is 29.9 Å². The second-order valence-corrected chi connectivity index (χ2v) is 13.1. The number of aldehydes is 1. The molecule has 3 rings (SSSR count). The molecule has 2 unspecified atom stereocenters. The summed E-state index contributed by atoms with van der Waals surface area (Å²) in [5.41, 5.74) is -1.18. The fourth-order valence-electron chi connectivity index (χ4n) is 5.64. The van der Waals surface area contributed by atoms with Gasteiger partial charge in [0.15, 0.2) is 0 Å². The number of hydrogen-bond donors (Lipinski definition) is 2. The van der Waals surface area contributed by atoms with E-state index in [9.17, 15) is 19.5 Å². The van der Waals surface area contributed by atoms with Gasteiger partial charge in [-0.1, -0.05) is 44.5 Å². The molecule has 2 aliphatic heterocycles. The average molecular weight is 550 g/mol. The molecule has 2 fully saturated rings. The highest BCUT2D eigenvalue weighted by molar-refractivity contribution is 6.30. The molecule has 2 heterocycles. The second-order valence-electron chi connectivity index (χ2n) is 12.6. The Bertz CT molecular complexity index is 993. The minimum absolute atomic E-state index is 0.125. The van der Waals surface area contributed by atoms with Gasteiger partial charge in [-0.25, -0.2) is 4.79 Å². The van der Waals surface area contributed by atoms with Crippen molar-refractivity contribution in [2.45, 2.75) is 78.0 Å². The molecule has 0 radical (unpaired) electrons. The molecule has 212 valence electrons. The fourth-order valence-corrected chi connectivity index (χ4v) is 5.77. The molecule has 0 aromatic heterocycles. The Hall–Kier alpha value is -2.16. The Morgan fingerprint density at radius 3 is 2.47 bits per heavy atom. The standard InChI is InChI=1S/C29H44ClN3O5/c1-20(16-32-15-13-29(37,28(5,6)19-32)22-9-11-23(30)12-10-22)24(18-34)31-25(35)21-8-7-14-33(17-21)26(36)38-27(2,3)4/h9-12,18,20-21,24,37H,7-8,13-17,19H2,1-6H3,(H,31,35)/t20-,21?,24?,29-/m0/s1. The minimum Gasteiger partial charge on any atom is -0.444 e. The summed E-state index contributed by atoms with van der Waals surface area (Å²) in [5.74, 6) is -0.716. The van der Waals surface area contributed by atoms with Crippen molar-refractivity contribution in [1.29, 1.82) is 0 Å². The zero-order valence-electron chi connectivity index (χ0n) is 23.6. The van der Waals surface area contributed by atoms with E-state index in [4.69, 9.17) is 16.3 Å². The van der Waals surface area contributed by atoms with Gasteiger partial charge in [0.25, 0.3) is 0 Å². The van der Waals surface area contributed by atoms with Gasteiger partial charge in [-0.05, 0) is 63.6 Å². The Kier molecular flexibility index (Phi) is 9.54. The van der Waals surface area contributed by atoms with Crippen LogP contribution in [0.2, 0.25) is 5.02 Å². The Labute approximate surface area is 232 Å². The largest absolute Gasteiger partial charge is 0.444 e. The highest BCUT2D eigenvalue weighted by Gasteiger charge is 2.49. The topological polar surface area (TPSA) is 99.2 Å². The number of hydrogen-bond acceptors (Lipinski definition) is 6. The lowest BCUT2D eigenvalue weighted by Crippen LogP contribution is -2.57. The van der Waals surface area contributed by atoms with Crippen molar-refractivity contribution in [3.05, 3.63) is 34.9 Å². The lowest BCUT2D eigenvalue weighted by atomic mass is 9.66. The number of rotatable bonds is 7. The molecule has 0 spiro atoms. The first-order valence-corrected chi connectivity index (χ1v) is 14.0. The van der Waals surface area contributed by atoms with E-state index in [1.165, 1.54) is 0 Å². The van der Waals surface area contributed by atoms with Crippen LogP contribution in [-0.2, 0) is 19.9 Å². The summed E-state index contributed by atoms with van der Waals surface area (Å²) in [6.07, 6.45) is 2.30. The van der Waals surface area contributed by atoms with Crippen LogP contribution in [0.15, 0.2) is 24.3 Å². The number of nitrogens with one attached hydrogen (secondary N) is 1. The molecule has 38 heavy (non-hydrogen) atoms. The van der Waals surface area contributed by atoms with E-state index in [0.29, 0.717) is 50.5 Å². The highest BCUT2D eigenvalue weighted by Crippen LogP contribution is 2.46. The van der Waals surface area contributed by atoms with Crippen LogP contribution in [-0.4, -0.2) is 77.6 Å². The van der Waals surface area contributed by atoms with E-state index in [1.54, 1.807) is 17.0 Å². The van der Waals surface area contributed by atoms with Crippen LogP contribution < -0.4 is 5.32 Å². The minimum atomic E-state index is -0.989. The number of nitrogens with zero attached hydrogens (tertiary/aromatic N) is 2. The van der Waals surface area contributed by atoms with Gasteiger partial charge in [-0.2, -0.15) is 0 Å². The third-order valence-corrected chi connectivity index (χ3v) is 8.16. The van der Waals surface area contributed by atoms with Crippen LogP contribution in [0.25, 0.3) is 0 Å². The SMILES string of the molecule is C[C@@H](CN1CC[C@](O)(c2ccc(Cl)cc2)C(C)(C)C1)C(C=O)NC(=O)C1CCCN(C(=O)OC(C)(C)C)C1. The predicted octanol–water partition coefficient (Wildman–Crippen LogP) is 4.23. The van der Waals surface area contributed by atoms with E-state index in [2.05, 4.69) is 24.1 Å². The number of carbonyl (C=O) groups excluding carboxylic acids is 3. The molecule has 0 saturated carbocycles. The molecular weight excluding hydrogens is 506 g/mol. The van der Waals surface area contributed by atoms with Crippen molar-refractivity contribution in [3.63, 3.8) is 0 Å². The molecule has 2 N–H and O–H groups in total. The molecule has 1 aromatic rings. The summed E-state index contributed by atoms with van der Waals surface area (Å²) in [5, 5.41) is 15.2. The van der Waals surface area contributed by atoms with Gasteiger partial charge in [-0.15, -0.1) is 0 Å². The summed E-state index contributed by atoms with van der Waals surface area (Å²) in [4.78, 5) is 41.4. The number of carbonyl (C=O) groups is 3. The third-order valence-electron chi connectivity index (χ3n) is 7.91. The van der Waals surface area contributed by atoms with Gasteiger partial charge >= 0.3 is 6.09 Å². The van der Waals surface area contributed by atoms with Gasteiger partial charge in [0.1, 0.15) is 11.9 Å². The molecular formula is C29H44ClN3O5. The average Bonchev–Trinajstić information content (AvgIpc) is 2.83. The number of ether oxygens (including phenoxy) is 1. The number of piperidine rings is 2. The van der Waals surface area contributed by atoms with E-state index in [0.717, 1.165) is 11.8 Å². The summed E-state index contributed by atoms with van der Waals surface area (Å²) >= 11 is 6.05. The maximum absolute atomic E-state index is 13.1. The zero-order chi connectivity index (χ0) is 28.3. The fraction of sp³-hybridized carbons (Fsp3) is 0.690. The van der Waals surface area contributed by atoms with Gasteiger partial charge < -0.3 is 29.8 Å². The first-order chi connectivity index (χ1) is 17.6. The number of aliphatic hydroxyl groups is 1. The van der Waals surface area contributed by atoms with Gasteiger partial charge in [0, 0.05) is 43.2 Å². The Balaban J connectivity index is 1.57. The molecule has 1 aromatic carbocycles. The highest BCUT2D eigenvalue weighted by atomic mass is 35.5. The molecule has 4 atom stereocenters. The van der Waals surface area contributed by atoms with Crippen LogP contribution in [0.5, 0.6) is 0 Å². The van der Waals surface area contributed by atoms with Crippen molar-refractivity contribution in [2.75, 3.05) is 32.7 Å². The lowest BCUT2D eigenvalue weighted by Gasteiger charge is -2.51. The van der Waals surface area contributed by atoms with Crippen molar-refractivity contribution < 1.29 is 24.2 Å². The summed E-state index contributed by atoms with van der Waals surface area (Å²) in [6.45, 7) is 14.3. The van der Waals surface area contributed by atoms with E-state index >= 15 is 0 Å². The number of likely N-dealkylation sites (tertiary alicyclic amines) is 2. The maximum Gasteiger partial charge on any atom is 0.410 e. The van der Waals surface area contributed by atoms with Crippen LogP contribution in [0, 0.1) is 17.3 Å². The molecule has 9 heteroatoms. The van der Waals surface area contributed by atoms with Gasteiger partial charge in [-0.3, -0.25) is 4.79 Å². The third kappa shape index (κ3) is 7.27. The summed E-state index contributed by atoms with van der Waals surface area (Å²) in [7, 11) is 0. The second kappa shape index (κ2) is 11.9. The van der Waals surface area contributed by atoms with Crippen LogP contribution in [0.1, 0.15) is 66.4 Å². The lowest BCUT2D eigenvalue weighted by molar-refractivity contribution is -0.132. The molecule has 2 aliphatic rings. The van der Waals surface area contributed by atoms with Crippen LogP contribution >= 0.6 is 11.6 Å². The van der Waals surface area contributed by atoms with E-state index in [-0.39, 0.29) is 24.3 Å². The number of benzene rings is 1. The zero-order valence-corrected chi connectivity index (χ0v) is 24.4. The Morgan fingerprint density at radius 2 is 1.89 bits per heavy atom. The monoisotopic (exact) mass is 549 g/mol. The first kappa shape index (κ1) is 30.4. The molecule has 2 saturated heterocycles. The number of amides is 2. The molecule has 8 nitrogen and oxygen atoms in total. The van der Waals surface area contributed by atoms with Gasteiger partial charge in [0.05, 0.1) is 17.6 Å². The quantitative estimate of drug-likeness (QED) is 0.494. The normalized spacial score (nSPS) is 25.8. The predicted molar refractivity (Wildman–Crippen MR) is 148 cm³/mol. The van der Waals surface area contributed by atoms with Gasteiger partial charge in [0.2, 0.25) is 5.91 Å². The van der Waals surface area contributed by atoms with Crippen LogP contribution in [0.3, 0.4) is 0 Å². The first-order valence-electron chi connectivity index (χ1n) is 13.6. The maximum atomic E-state index is 13.1.